The van der Waals surface area contributed by atoms with Gasteiger partial charge in [-0.3, -0.25) is 9.59 Å². The Morgan fingerprint density at radius 2 is 1.62 bits per heavy atom. The lowest BCUT2D eigenvalue weighted by Crippen LogP contribution is -2.40. The SMILES string of the molecule is COC(=O)N[C@@H](c1ccc2ccccc2c1)[C@@H](C(C)=O)C(=O)OC. The van der Waals surface area contributed by atoms with E-state index in [-0.39, 0.29) is 0 Å². The molecule has 1 N–H and O–H groups in total. The molecule has 2 atom stereocenters. The first-order chi connectivity index (χ1) is 11.5. The number of rotatable bonds is 5. The molecular weight excluding hydrogens is 310 g/mol. The number of fused-ring (bicyclic) bond motifs is 1. The molecule has 126 valence electrons. The van der Waals surface area contributed by atoms with E-state index in [1.54, 1.807) is 6.07 Å². The number of methoxy groups -OCH3 is 2. The summed E-state index contributed by atoms with van der Waals surface area (Å²) in [6.45, 7) is 1.29. The molecule has 0 saturated carbocycles. The number of nitrogens with one attached hydrogen (secondary N) is 1. The lowest BCUT2D eigenvalue weighted by atomic mass is 9.89. The fourth-order valence-electron chi connectivity index (χ4n) is 2.61. The number of ether oxygens (including phenoxy) is 2. The van der Waals surface area contributed by atoms with Crippen molar-refractivity contribution in [1.29, 1.82) is 0 Å². The summed E-state index contributed by atoms with van der Waals surface area (Å²) in [7, 11) is 2.42. The summed E-state index contributed by atoms with van der Waals surface area (Å²) in [6.07, 6.45) is -0.733. The summed E-state index contributed by atoms with van der Waals surface area (Å²) in [5.74, 6) is -2.27. The topological polar surface area (TPSA) is 81.7 Å². The number of amides is 1. The summed E-state index contributed by atoms with van der Waals surface area (Å²) in [5, 5.41) is 4.50. The second-order valence-corrected chi connectivity index (χ2v) is 5.33. The quantitative estimate of drug-likeness (QED) is 0.673. The molecule has 0 bridgehead atoms. The molecule has 1 amide bonds. The summed E-state index contributed by atoms with van der Waals surface area (Å²) in [6, 6.07) is 12.2. The van der Waals surface area contributed by atoms with Crippen LogP contribution in [0.25, 0.3) is 10.8 Å². The van der Waals surface area contributed by atoms with Crippen LogP contribution >= 0.6 is 0 Å². The lowest BCUT2D eigenvalue weighted by molar-refractivity contribution is -0.150. The highest BCUT2D eigenvalue weighted by atomic mass is 16.5. The first-order valence-corrected chi connectivity index (χ1v) is 7.39. The summed E-state index contributed by atoms with van der Waals surface area (Å²) in [4.78, 5) is 35.8. The Balaban J connectivity index is 2.52. The van der Waals surface area contributed by atoms with Crippen molar-refractivity contribution in [3.63, 3.8) is 0 Å². The smallest absolute Gasteiger partial charge is 0.407 e. The number of ketones is 1. The van der Waals surface area contributed by atoms with Crippen LogP contribution in [0, 0.1) is 5.92 Å². The maximum atomic E-state index is 12.1. The first kappa shape index (κ1) is 17.5. The predicted octanol–water partition coefficient (Wildman–Crippen LogP) is 2.62. The Morgan fingerprint density at radius 3 is 2.21 bits per heavy atom. The minimum Gasteiger partial charge on any atom is -0.468 e. The average molecular weight is 329 g/mol. The molecule has 0 saturated heterocycles. The van der Waals surface area contributed by atoms with E-state index in [2.05, 4.69) is 10.1 Å². The van der Waals surface area contributed by atoms with Gasteiger partial charge in [-0.1, -0.05) is 36.4 Å². The summed E-state index contributed by atoms with van der Waals surface area (Å²) >= 11 is 0. The molecule has 6 heteroatoms. The fourth-order valence-corrected chi connectivity index (χ4v) is 2.61. The van der Waals surface area contributed by atoms with Crippen LogP contribution in [-0.2, 0) is 19.1 Å². The standard InChI is InChI=1S/C18H19NO5/c1-11(20)15(17(21)23-2)16(19-18(22)24-3)14-9-8-12-6-4-5-7-13(12)10-14/h4-10,15-16H,1-3H3,(H,19,22)/t15-,16+/m1/s1. The zero-order valence-electron chi connectivity index (χ0n) is 13.7. The second kappa shape index (κ2) is 7.59. The van der Waals surface area contributed by atoms with Gasteiger partial charge in [-0.25, -0.2) is 4.79 Å². The number of carbonyl (C=O) groups is 3. The van der Waals surface area contributed by atoms with Gasteiger partial charge in [0.15, 0.2) is 0 Å². The van der Waals surface area contributed by atoms with Crippen LogP contribution in [0.1, 0.15) is 18.5 Å². The van der Waals surface area contributed by atoms with E-state index in [4.69, 9.17) is 4.74 Å². The van der Waals surface area contributed by atoms with Crippen LogP contribution in [-0.4, -0.2) is 32.1 Å². The van der Waals surface area contributed by atoms with Crippen molar-refractivity contribution < 1.29 is 23.9 Å². The van der Waals surface area contributed by atoms with Crippen molar-refractivity contribution in [2.75, 3.05) is 14.2 Å². The Labute approximate surface area is 139 Å². The number of esters is 1. The van der Waals surface area contributed by atoms with Crippen molar-refractivity contribution in [3.05, 3.63) is 48.0 Å². The van der Waals surface area contributed by atoms with Crippen molar-refractivity contribution in [1.82, 2.24) is 5.32 Å². The van der Waals surface area contributed by atoms with Crippen molar-refractivity contribution in [3.8, 4) is 0 Å². The monoisotopic (exact) mass is 329 g/mol. The molecule has 24 heavy (non-hydrogen) atoms. The highest BCUT2D eigenvalue weighted by Gasteiger charge is 2.36. The molecule has 6 nitrogen and oxygen atoms in total. The van der Waals surface area contributed by atoms with E-state index in [9.17, 15) is 14.4 Å². The molecule has 0 aliphatic rings. The van der Waals surface area contributed by atoms with Gasteiger partial charge in [0.1, 0.15) is 11.7 Å². The molecule has 0 fully saturated rings. The number of benzene rings is 2. The molecule has 0 aliphatic heterocycles. The van der Waals surface area contributed by atoms with Gasteiger partial charge in [0.25, 0.3) is 0 Å². The van der Waals surface area contributed by atoms with E-state index in [1.165, 1.54) is 21.1 Å². The lowest BCUT2D eigenvalue weighted by Gasteiger charge is -2.24. The minimum atomic E-state index is -1.16. The van der Waals surface area contributed by atoms with E-state index in [0.717, 1.165) is 10.8 Å². The molecule has 0 radical (unpaired) electrons. The number of Topliss-reactive ketones (excluding diaryl/α,β-unsaturated/α-hetero) is 1. The van der Waals surface area contributed by atoms with E-state index in [1.807, 2.05) is 36.4 Å². The number of hydrogen-bond acceptors (Lipinski definition) is 5. The third-order valence-corrected chi connectivity index (χ3v) is 3.82. The normalized spacial score (nSPS) is 13.0. The second-order valence-electron chi connectivity index (χ2n) is 5.33. The predicted molar refractivity (Wildman–Crippen MR) is 88.4 cm³/mol. The van der Waals surface area contributed by atoms with Gasteiger partial charge in [-0.05, 0) is 29.3 Å². The zero-order valence-corrected chi connectivity index (χ0v) is 13.7. The summed E-state index contributed by atoms with van der Waals surface area (Å²) in [5.41, 5.74) is 0.615. The molecule has 0 unspecified atom stereocenters. The first-order valence-electron chi connectivity index (χ1n) is 7.39. The Morgan fingerprint density at radius 1 is 0.958 bits per heavy atom. The Bertz CT molecular complexity index is 771. The van der Waals surface area contributed by atoms with Crippen molar-refractivity contribution in [2.45, 2.75) is 13.0 Å². The third kappa shape index (κ3) is 3.71. The maximum Gasteiger partial charge on any atom is 0.407 e. The van der Waals surface area contributed by atoms with Gasteiger partial charge in [-0.2, -0.15) is 0 Å². The molecule has 0 heterocycles. The molecule has 2 aromatic carbocycles. The molecular formula is C18H19NO5. The van der Waals surface area contributed by atoms with E-state index < -0.39 is 29.8 Å². The van der Waals surface area contributed by atoms with Gasteiger partial charge >= 0.3 is 12.1 Å². The Hall–Kier alpha value is -2.89. The van der Waals surface area contributed by atoms with Gasteiger partial charge < -0.3 is 14.8 Å². The molecule has 2 rings (SSSR count). The molecule has 0 aliphatic carbocycles. The average Bonchev–Trinajstić information content (AvgIpc) is 2.59. The van der Waals surface area contributed by atoms with Crippen LogP contribution in [0.3, 0.4) is 0 Å². The van der Waals surface area contributed by atoms with Gasteiger partial charge in [0.2, 0.25) is 0 Å². The van der Waals surface area contributed by atoms with Crippen LogP contribution < -0.4 is 5.32 Å². The van der Waals surface area contributed by atoms with Crippen LogP contribution in [0.5, 0.6) is 0 Å². The molecule has 0 aromatic heterocycles. The maximum absolute atomic E-state index is 12.1. The van der Waals surface area contributed by atoms with Crippen molar-refractivity contribution >= 4 is 28.6 Å². The van der Waals surface area contributed by atoms with Crippen molar-refractivity contribution in [2.24, 2.45) is 5.92 Å². The highest BCUT2D eigenvalue weighted by Crippen LogP contribution is 2.27. The number of carbonyl (C=O) groups excluding carboxylic acids is 3. The van der Waals surface area contributed by atoms with Crippen LogP contribution in [0.2, 0.25) is 0 Å². The third-order valence-electron chi connectivity index (χ3n) is 3.82. The molecule has 0 spiro atoms. The van der Waals surface area contributed by atoms with Crippen LogP contribution in [0.15, 0.2) is 42.5 Å². The highest BCUT2D eigenvalue weighted by molar-refractivity contribution is 5.99. The van der Waals surface area contributed by atoms with E-state index >= 15 is 0 Å². The van der Waals surface area contributed by atoms with Gasteiger partial charge in [0.05, 0.1) is 20.3 Å². The molecule has 2 aromatic rings. The largest absolute Gasteiger partial charge is 0.468 e. The fraction of sp³-hybridized carbons (Fsp3) is 0.278. The Kier molecular flexibility index (Phi) is 5.52. The van der Waals surface area contributed by atoms with Crippen LogP contribution in [0.4, 0.5) is 4.79 Å². The van der Waals surface area contributed by atoms with E-state index in [0.29, 0.717) is 5.56 Å². The minimum absolute atomic E-state index is 0.406. The van der Waals surface area contributed by atoms with Gasteiger partial charge in [-0.15, -0.1) is 0 Å². The summed E-state index contributed by atoms with van der Waals surface area (Å²) < 4.78 is 9.35. The zero-order chi connectivity index (χ0) is 17.7. The van der Waals surface area contributed by atoms with Gasteiger partial charge in [0, 0.05) is 0 Å². The number of hydrogen-bond donors (Lipinski definition) is 1. The number of alkyl carbamates (subject to hydrolysis) is 1.